The third kappa shape index (κ3) is 6.75. The number of nitrogens with one attached hydrogen (secondary N) is 3. The molecule has 0 bridgehead atoms. The monoisotopic (exact) mass is 557 g/mol. The molecule has 10 nitrogen and oxygen atoms in total. The van der Waals surface area contributed by atoms with Crippen molar-refractivity contribution in [1.29, 1.82) is 0 Å². The fraction of sp³-hybridized carbons (Fsp3) is 0.391. The highest BCUT2D eigenvalue weighted by molar-refractivity contribution is 8.13. The number of hydrogen-bond donors (Lipinski definition) is 3. The van der Waals surface area contributed by atoms with Gasteiger partial charge in [0.25, 0.3) is 15.9 Å². The fourth-order valence-electron chi connectivity index (χ4n) is 3.57. The molecule has 13 heteroatoms. The van der Waals surface area contributed by atoms with Crippen molar-refractivity contribution in [2.24, 2.45) is 0 Å². The maximum Gasteiger partial charge on any atom is 0.307 e. The summed E-state index contributed by atoms with van der Waals surface area (Å²) in [5.74, 6) is 0.215. The maximum absolute atomic E-state index is 13.0. The van der Waals surface area contributed by atoms with E-state index in [2.05, 4.69) is 10.0 Å². The second-order valence-electron chi connectivity index (χ2n) is 8.20. The molecule has 1 aliphatic heterocycles. The number of methoxy groups -OCH3 is 2. The molecular weight excluding hydrogens is 530 g/mol. The van der Waals surface area contributed by atoms with E-state index in [1.165, 1.54) is 32.4 Å². The fourth-order valence-corrected chi connectivity index (χ4v) is 5.60. The molecule has 2 aromatic carbocycles. The summed E-state index contributed by atoms with van der Waals surface area (Å²) in [6.07, 6.45) is 0.534. The molecule has 3 N–H and O–H groups in total. The lowest BCUT2D eigenvalue weighted by Crippen LogP contribution is -2.32. The number of rotatable bonds is 9. The van der Waals surface area contributed by atoms with Crippen LogP contribution >= 0.6 is 23.5 Å². The van der Waals surface area contributed by atoms with Crippen LogP contribution in [0.1, 0.15) is 42.1 Å². The van der Waals surface area contributed by atoms with Gasteiger partial charge in [-0.15, -0.1) is 0 Å². The lowest BCUT2D eigenvalue weighted by atomic mass is 9.92. The Balaban J connectivity index is 1.84. The predicted octanol–water partition coefficient (Wildman–Crippen LogP) is 3.70. The van der Waals surface area contributed by atoms with Crippen molar-refractivity contribution in [2.75, 3.05) is 27.4 Å². The minimum atomic E-state index is -4.25. The van der Waals surface area contributed by atoms with Crippen molar-refractivity contribution >= 4 is 44.7 Å². The van der Waals surface area contributed by atoms with Gasteiger partial charge in [-0.25, -0.2) is 13.1 Å². The van der Waals surface area contributed by atoms with Gasteiger partial charge in [0.15, 0.2) is 0 Å². The van der Waals surface area contributed by atoms with Crippen LogP contribution < -0.4 is 29.0 Å². The van der Waals surface area contributed by atoms with Gasteiger partial charge >= 0.3 is 5.24 Å². The number of sulfonamides is 1. The van der Waals surface area contributed by atoms with Gasteiger partial charge in [-0.1, -0.05) is 11.6 Å². The molecule has 0 radical (unpaired) electrons. The summed E-state index contributed by atoms with van der Waals surface area (Å²) in [4.78, 5) is 24.8. The maximum atomic E-state index is 13.0. The van der Waals surface area contributed by atoms with E-state index < -0.39 is 15.3 Å². The summed E-state index contributed by atoms with van der Waals surface area (Å²) >= 11 is 6.69. The molecule has 2 aromatic rings. The van der Waals surface area contributed by atoms with Crippen LogP contribution in [0.25, 0.3) is 0 Å². The van der Waals surface area contributed by atoms with Gasteiger partial charge in [-0.2, -0.15) is 0 Å². The number of hydrogen-bond acceptors (Lipinski definition) is 9. The summed E-state index contributed by atoms with van der Waals surface area (Å²) in [6, 6.07) is 7.60. The molecule has 0 fully saturated rings. The smallest absolute Gasteiger partial charge is 0.307 e. The quantitative estimate of drug-likeness (QED) is 0.395. The van der Waals surface area contributed by atoms with Crippen LogP contribution in [0, 0.1) is 0 Å². The molecule has 0 aliphatic carbocycles. The molecule has 1 heterocycles. The number of carbonyl (C=O) groups is 2. The van der Waals surface area contributed by atoms with Crippen LogP contribution in [0.4, 0.5) is 4.79 Å². The van der Waals surface area contributed by atoms with Crippen molar-refractivity contribution < 1.29 is 32.2 Å². The molecule has 1 atom stereocenters. The van der Waals surface area contributed by atoms with E-state index in [0.717, 1.165) is 0 Å². The minimum absolute atomic E-state index is 0.0262. The molecule has 1 unspecified atom stereocenters. The SMILES string of the molecule is COc1ccc(Cl)cc1C(=O)NCC1CCOc2cc(OC)c(S(=O)(=O)NC(=O)SNC(C)C)cc21. The average molecular weight is 558 g/mol. The number of benzene rings is 2. The first-order valence-electron chi connectivity index (χ1n) is 11.0. The third-order valence-corrected chi connectivity index (χ3v) is 7.86. The zero-order valence-electron chi connectivity index (χ0n) is 20.2. The minimum Gasteiger partial charge on any atom is -0.496 e. The topological polar surface area (TPSA) is 132 Å². The Labute approximate surface area is 219 Å². The average Bonchev–Trinajstić information content (AvgIpc) is 2.84. The molecule has 36 heavy (non-hydrogen) atoms. The predicted molar refractivity (Wildman–Crippen MR) is 138 cm³/mol. The van der Waals surface area contributed by atoms with Gasteiger partial charge in [0.2, 0.25) is 0 Å². The molecule has 0 spiro atoms. The van der Waals surface area contributed by atoms with Crippen molar-refractivity contribution in [3.8, 4) is 17.2 Å². The molecule has 1 aliphatic rings. The molecule has 196 valence electrons. The first-order valence-corrected chi connectivity index (χ1v) is 13.7. The Morgan fingerprint density at radius 3 is 2.56 bits per heavy atom. The first-order chi connectivity index (χ1) is 17.1. The summed E-state index contributed by atoms with van der Waals surface area (Å²) in [5, 5.41) is 2.48. The van der Waals surface area contributed by atoms with E-state index >= 15 is 0 Å². The highest BCUT2D eigenvalue weighted by Crippen LogP contribution is 2.40. The van der Waals surface area contributed by atoms with E-state index in [0.29, 0.717) is 47.1 Å². The van der Waals surface area contributed by atoms with Crippen LogP contribution in [-0.2, 0) is 10.0 Å². The number of amides is 2. The van der Waals surface area contributed by atoms with Crippen LogP contribution in [0.15, 0.2) is 35.2 Å². The zero-order chi connectivity index (χ0) is 26.5. The molecular formula is C23H28ClN3O7S2. The Morgan fingerprint density at radius 2 is 1.89 bits per heavy atom. The van der Waals surface area contributed by atoms with E-state index in [1.807, 2.05) is 18.6 Å². The largest absolute Gasteiger partial charge is 0.496 e. The van der Waals surface area contributed by atoms with Gasteiger partial charge in [0, 0.05) is 47.1 Å². The van der Waals surface area contributed by atoms with Crippen molar-refractivity contribution in [1.82, 2.24) is 14.8 Å². The van der Waals surface area contributed by atoms with Gasteiger partial charge in [-0.3, -0.25) is 14.3 Å². The van der Waals surface area contributed by atoms with Gasteiger partial charge < -0.3 is 19.5 Å². The number of halogens is 1. The third-order valence-electron chi connectivity index (χ3n) is 5.27. The van der Waals surface area contributed by atoms with E-state index in [1.54, 1.807) is 12.1 Å². The molecule has 0 saturated carbocycles. The molecule has 0 saturated heterocycles. The Kier molecular flexibility index (Phi) is 9.34. The molecule has 0 aromatic heterocycles. The highest BCUT2D eigenvalue weighted by atomic mass is 35.5. The Bertz CT molecular complexity index is 1240. The molecule has 3 rings (SSSR count). The second-order valence-corrected chi connectivity index (χ2v) is 11.1. The lowest BCUT2D eigenvalue weighted by molar-refractivity contribution is 0.0945. The van der Waals surface area contributed by atoms with Crippen molar-refractivity contribution in [3.63, 3.8) is 0 Å². The number of fused-ring (bicyclic) bond motifs is 1. The van der Waals surface area contributed by atoms with Crippen LogP contribution in [0.2, 0.25) is 5.02 Å². The summed E-state index contributed by atoms with van der Waals surface area (Å²) in [7, 11) is -1.47. The summed E-state index contributed by atoms with van der Waals surface area (Å²) in [6.45, 7) is 4.22. The highest BCUT2D eigenvalue weighted by Gasteiger charge is 2.30. The van der Waals surface area contributed by atoms with Crippen LogP contribution in [0.5, 0.6) is 17.2 Å². The zero-order valence-corrected chi connectivity index (χ0v) is 22.6. The van der Waals surface area contributed by atoms with Crippen molar-refractivity contribution in [2.45, 2.75) is 37.1 Å². The Hall–Kier alpha value is -2.67. The standard InChI is InChI=1S/C23H28ClN3O7S2/c1-13(2)26-35-23(29)27-36(30,31)21-10-16-14(7-8-34-19(16)11-20(21)33-4)12-25-22(28)17-9-15(24)5-6-18(17)32-3/h5-6,9-11,13-14,26H,7-8,12H2,1-4H3,(H,25,28)(H,27,29). The van der Waals surface area contributed by atoms with Crippen LogP contribution in [-0.4, -0.2) is 53.0 Å². The number of carbonyl (C=O) groups excluding carboxylic acids is 2. The second kappa shape index (κ2) is 12.0. The van der Waals surface area contributed by atoms with E-state index in [4.69, 9.17) is 25.8 Å². The first kappa shape index (κ1) is 27.9. The normalized spacial score (nSPS) is 15.0. The summed E-state index contributed by atoms with van der Waals surface area (Å²) in [5.41, 5.74) is 0.853. The molecule has 2 amide bonds. The lowest BCUT2D eigenvalue weighted by Gasteiger charge is -2.27. The van der Waals surface area contributed by atoms with Crippen molar-refractivity contribution in [3.05, 3.63) is 46.5 Å². The van der Waals surface area contributed by atoms with Gasteiger partial charge in [-0.05, 0) is 44.5 Å². The van der Waals surface area contributed by atoms with Crippen LogP contribution in [0.3, 0.4) is 0 Å². The van der Waals surface area contributed by atoms with Gasteiger partial charge in [0.05, 0.1) is 26.4 Å². The Morgan fingerprint density at radius 1 is 1.17 bits per heavy atom. The summed E-state index contributed by atoms with van der Waals surface area (Å²) < 4.78 is 47.1. The van der Waals surface area contributed by atoms with Gasteiger partial charge in [0.1, 0.15) is 22.1 Å². The number of ether oxygens (including phenoxy) is 3. The van der Waals surface area contributed by atoms with E-state index in [-0.39, 0.29) is 40.6 Å². The van der Waals surface area contributed by atoms with E-state index in [9.17, 15) is 18.0 Å².